The summed E-state index contributed by atoms with van der Waals surface area (Å²) in [5.41, 5.74) is 1.09. The summed E-state index contributed by atoms with van der Waals surface area (Å²) in [4.78, 5) is 2.49. The van der Waals surface area contributed by atoms with Crippen molar-refractivity contribution in [3.05, 3.63) is 35.6 Å². The lowest BCUT2D eigenvalue weighted by atomic mass is 9.88. The molecule has 23 heavy (non-hydrogen) atoms. The minimum Gasteiger partial charge on any atom is -0.312 e. The molecule has 3 rings (SSSR count). The van der Waals surface area contributed by atoms with E-state index in [9.17, 15) is 4.39 Å². The second kappa shape index (κ2) is 8.25. The van der Waals surface area contributed by atoms with Gasteiger partial charge in [0.2, 0.25) is 0 Å². The van der Waals surface area contributed by atoms with Crippen molar-refractivity contribution in [3.63, 3.8) is 0 Å². The molecule has 1 aliphatic carbocycles. The van der Waals surface area contributed by atoms with Crippen molar-refractivity contribution >= 4 is 0 Å². The number of rotatable bonds is 5. The first-order valence-electron chi connectivity index (χ1n) is 9.39. The van der Waals surface area contributed by atoms with Gasteiger partial charge in [-0.1, -0.05) is 38.3 Å². The van der Waals surface area contributed by atoms with Crippen LogP contribution in [0, 0.1) is 17.7 Å². The van der Waals surface area contributed by atoms with Crippen molar-refractivity contribution in [2.75, 3.05) is 19.6 Å². The molecule has 2 aliphatic rings. The molecule has 2 atom stereocenters. The average molecular weight is 318 g/mol. The van der Waals surface area contributed by atoms with Crippen molar-refractivity contribution in [1.29, 1.82) is 0 Å². The van der Waals surface area contributed by atoms with Gasteiger partial charge < -0.3 is 5.32 Å². The first kappa shape index (κ1) is 16.9. The average Bonchev–Trinajstić information content (AvgIpc) is 2.53. The van der Waals surface area contributed by atoms with Crippen LogP contribution < -0.4 is 5.32 Å². The third-order valence-corrected chi connectivity index (χ3v) is 5.45. The predicted octanol–water partition coefficient (Wildman–Crippen LogP) is 4.21. The van der Waals surface area contributed by atoms with Gasteiger partial charge in [-0.15, -0.1) is 0 Å². The molecule has 1 heterocycles. The molecule has 3 heteroatoms. The minimum absolute atomic E-state index is 0.125. The van der Waals surface area contributed by atoms with E-state index in [2.05, 4.69) is 17.1 Å². The Morgan fingerprint density at radius 1 is 1.17 bits per heavy atom. The van der Waals surface area contributed by atoms with Crippen LogP contribution in [0.25, 0.3) is 0 Å². The summed E-state index contributed by atoms with van der Waals surface area (Å²) in [6, 6.07) is 7.64. The Morgan fingerprint density at radius 2 is 2.00 bits per heavy atom. The molecule has 1 aromatic rings. The number of benzene rings is 1. The van der Waals surface area contributed by atoms with E-state index in [-0.39, 0.29) is 5.82 Å². The number of nitrogens with zero attached hydrogens (tertiary/aromatic N) is 1. The van der Waals surface area contributed by atoms with Gasteiger partial charge in [0.25, 0.3) is 0 Å². The Bertz CT molecular complexity index is 484. The number of halogens is 1. The minimum atomic E-state index is -0.125. The van der Waals surface area contributed by atoms with E-state index in [0.717, 1.165) is 31.1 Å². The molecule has 2 unspecified atom stereocenters. The highest BCUT2D eigenvalue weighted by atomic mass is 19.1. The maximum atomic E-state index is 13.4. The SMILES string of the molecule is CC1CC(NCC2CCCCC2)CN(Cc2cccc(F)c2)C1. The first-order chi connectivity index (χ1) is 11.2. The van der Waals surface area contributed by atoms with Crippen molar-refractivity contribution < 1.29 is 4.39 Å². The molecule has 128 valence electrons. The van der Waals surface area contributed by atoms with Crippen LogP contribution in [0.4, 0.5) is 4.39 Å². The Hall–Kier alpha value is -0.930. The lowest BCUT2D eigenvalue weighted by molar-refractivity contribution is 0.138. The monoisotopic (exact) mass is 318 g/mol. The van der Waals surface area contributed by atoms with Gasteiger partial charge in [0.15, 0.2) is 0 Å². The quantitative estimate of drug-likeness (QED) is 0.875. The molecule has 0 spiro atoms. The van der Waals surface area contributed by atoms with Crippen molar-refractivity contribution in [1.82, 2.24) is 10.2 Å². The van der Waals surface area contributed by atoms with E-state index >= 15 is 0 Å². The van der Waals surface area contributed by atoms with Crippen molar-refractivity contribution in [2.24, 2.45) is 11.8 Å². The second-order valence-electron chi connectivity index (χ2n) is 7.77. The van der Waals surface area contributed by atoms with E-state index in [4.69, 9.17) is 0 Å². The molecular weight excluding hydrogens is 287 g/mol. The van der Waals surface area contributed by atoms with Gasteiger partial charge in [-0.3, -0.25) is 4.90 Å². The van der Waals surface area contributed by atoms with Gasteiger partial charge in [-0.05, 0) is 55.3 Å². The predicted molar refractivity (Wildman–Crippen MR) is 93.8 cm³/mol. The number of likely N-dealkylation sites (tertiary alicyclic amines) is 1. The largest absolute Gasteiger partial charge is 0.312 e. The fourth-order valence-electron chi connectivity index (χ4n) is 4.36. The lowest BCUT2D eigenvalue weighted by Crippen LogP contribution is -2.49. The molecular formula is C20H31FN2. The van der Waals surface area contributed by atoms with Gasteiger partial charge in [0.05, 0.1) is 0 Å². The molecule has 1 aromatic carbocycles. The molecule has 1 saturated carbocycles. The van der Waals surface area contributed by atoms with E-state index in [1.807, 2.05) is 12.1 Å². The highest BCUT2D eigenvalue weighted by molar-refractivity contribution is 5.16. The number of piperidine rings is 1. The third-order valence-electron chi connectivity index (χ3n) is 5.45. The van der Waals surface area contributed by atoms with Crippen LogP contribution in [-0.4, -0.2) is 30.6 Å². The first-order valence-corrected chi connectivity index (χ1v) is 9.39. The maximum absolute atomic E-state index is 13.4. The number of hydrogen-bond acceptors (Lipinski definition) is 2. The Labute approximate surface area is 140 Å². The highest BCUT2D eigenvalue weighted by Gasteiger charge is 2.25. The molecule has 1 aliphatic heterocycles. The van der Waals surface area contributed by atoms with E-state index in [0.29, 0.717) is 12.0 Å². The van der Waals surface area contributed by atoms with Crippen LogP contribution >= 0.6 is 0 Å². The molecule has 1 N–H and O–H groups in total. The zero-order chi connectivity index (χ0) is 16.1. The standard InChI is InChI=1S/C20H31FN2/c1-16-10-20(22-12-17-6-3-2-4-7-17)15-23(13-16)14-18-8-5-9-19(21)11-18/h5,8-9,11,16-17,20,22H,2-4,6-7,10,12-15H2,1H3. The zero-order valence-electron chi connectivity index (χ0n) is 14.4. The fraction of sp³-hybridized carbons (Fsp3) is 0.700. The molecule has 0 radical (unpaired) electrons. The topological polar surface area (TPSA) is 15.3 Å². The van der Waals surface area contributed by atoms with Crippen LogP contribution in [0.15, 0.2) is 24.3 Å². The van der Waals surface area contributed by atoms with E-state index < -0.39 is 0 Å². The van der Waals surface area contributed by atoms with Crippen LogP contribution in [-0.2, 0) is 6.54 Å². The Balaban J connectivity index is 1.49. The van der Waals surface area contributed by atoms with Crippen LogP contribution in [0.5, 0.6) is 0 Å². The van der Waals surface area contributed by atoms with Gasteiger partial charge in [0, 0.05) is 25.7 Å². The van der Waals surface area contributed by atoms with Crippen LogP contribution in [0.2, 0.25) is 0 Å². The van der Waals surface area contributed by atoms with Crippen LogP contribution in [0.1, 0.15) is 51.0 Å². The second-order valence-corrected chi connectivity index (χ2v) is 7.77. The third kappa shape index (κ3) is 5.29. The summed E-state index contributed by atoms with van der Waals surface area (Å²) in [6.45, 7) is 6.60. The number of hydrogen-bond donors (Lipinski definition) is 1. The number of nitrogens with one attached hydrogen (secondary N) is 1. The highest BCUT2D eigenvalue weighted by Crippen LogP contribution is 2.24. The van der Waals surface area contributed by atoms with Crippen LogP contribution in [0.3, 0.4) is 0 Å². The van der Waals surface area contributed by atoms with Crippen molar-refractivity contribution in [2.45, 2.75) is 58.0 Å². The van der Waals surface area contributed by atoms with Gasteiger partial charge >= 0.3 is 0 Å². The summed E-state index contributed by atoms with van der Waals surface area (Å²) < 4.78 is 13.4. The smallest absolute Gasteiger partial charge is 0.123 e. The van der Waals surface area contributed by atoms with E-state index in [1.54, 1.807) is 6.07 Å². The summed E-state index contributed by atoms with van der Waals surface area (Å²) in [7, 11) is 0. The zero-order valence-corrected chi connectivity index (χ0v) is 14.4. The van der Waals surface area contributed by atoms with Gasteiger partial charge in [-0.25, -0.2) is 4.39 Å². The molecule has 2 nitrogen and oxygen atoms in total. The van der Waals surface area contributed by atoms with E-state index in [1.165, 1.54) is 51.1 Å². The Kier molecular flexibility index (Phi) is 6.07. The van der Waals surface area contributed by atoms with Crippen molar-refractivity contribution in [3.8, 4) is 0 Å². The summed E-state index contributed by atoms with van der Waals surface area (Å²) in [6.07, 6.45) is 8.34. The summed E-state index contributed by atoms with van der Waals surface area (Å²) >= 11 is 0. The lowest BCUT2D eigenvalue weighted by Gasteiger charge is -2.38. The maximum Gasteiger partial charge on any atom is 0.123 e. The molecule has 1 saturated heterocycles. The molecule has 0 bridgehead atoms. The molecule has 2 fully saturated rings. The summed E-state index contributed by atoms with van der Waals surface area (Å²) in [5, 5.41) is 3.83. The summed E-state index contributed by atoms with van der Waals surface area (Å²) in [5.74, 6) is 1.47. The Morgan fingerprint density at radius 3 is 2.78 bits per heavy atom. The normalized spacial score (nSPS) is 27.2. The molecule has 0 aromatic heterocycles. The van der Waals surface area contributed by atoms with Gasteiger partial charge in [0.1, 0.15) is 5.82 Å². The van der Waals surface area contributed by atoms with Gasteiger partial charge in [-0.2, -0.15) is 0 Å². The molecule has 0 amide bonds. The fourth-order valence-corrected chi connectivity index (χ4v) is 4.36.